The number of pyridine rings is 1. The number of nitrogens with one attached hydrogen (secondary N) is 1. The van der Waals surface area contributed by atoms with Gasteiger partial charge in [-0.2, -0.15) is 0 Å². The number of aromatic nitrogens is 1. The molecule has 2 aromatic rings. The van der Waals surface area contributed by atoms with Gasteiger partial charge in [-0.05, 0) is 38.3 Å². The van der Waals surface area contributed by atoms with Crippen molar-refractivity contribution >= 4 is 33.1 Å². The molecule has 0 radical (unpaired) electrons. The van der Waals surface area contributed by atoms with Gasteiger partial charge in [-0.15, -0.1) is 11.3 Å². The molecule has 1 aliphatic heterocycles. The molecule has 140 valence electrons. The minimum absolute atomic E-state index is 0.0285. The number of nitrogen functional groups attached to an aromatic ring is 1. The Morgan fingerprint density at radius 3 is 2.85 bits per heavy atom. The summed E-state index contributed by atoms with van der Waals surface area (Å²) in [4.78, 5) is 21.6. The fourth-order valence-electron chi connectivity index (χ4n) is 4.13. The van der Waals surface area contributed by atoms with E-state index < -0.39 is 0 Å². The minimum atomic E-state index is -0.0285. The quantitative estimate of drug-likeness (QED) is 0.862. The van der Waals surface area contributed by atoms with E-state index in [1.807, 2.05) is 0 Å². The first-order chi connectivity index (χ1) is 12.5. The van der Waals surface area contributed by atoms with E-state index in [1.54, 1.807) is 0 Å². The van der Waals surface area contributed by atoms with Gasteiger partial charge in [-0.25, -0.2) is 4.98 Å². The van der Waals surface area contributed by atoms with Crippen molar-refractivity contribution in [3.63, 3.8) is 0 Å². The highest BCUT2D eigenvalue weighted by Crippen LogP contribution is 2.35. The largest absolute Gasteiger partial charge is 0.397 e. The number of rotatable bonds is 3. The van der Waals surface area contributed by atoms with Crippen molar-refractivity contribution in [1.29, 1.82) is 0 Å². The van der Waals surface area contributed by atoms with Crippen LogP contribution in [0.2, 0.25) is 0 Å². The molecule has 5 nitrogen and oxygen atoms in total. The second-order valence-electron chi connectivity index (χ2n) is 7.91. The number of carbonyl (C=O) groups is 1. The molecule has 1 fully saturated rings. The zero-order chi connectivity index (χ0) is 18.3. The van der Waals surface area contributed by atoms with Crippen molar-refractivity contribution in [3.05, 3.63) is 22.2 Å². The monoisotopic (exact) mass is 372 g/mol. The summed E-state index contributed by atoms with van der Waals surface area (Å²) >= 11 is 1.44. The van der Waals surface area contributed by atoms with Crippen LogP contribution in [0.5, 0.6) is 0 Å². The fourth-order valence-corrected chi connectivity index (χ4v) is 5.13. The van der Waals surface area contributed by atoms with Gasteiger partial charge in [0.25, 0.3) is 5.91 Å². The number of nitrogens with two attached hydrogens (primary N) is 1. The van der Waals surface area contributed by atoms with Gasteiger partial charge in [0.15, 0.2) is 0 Å². The van der Waals surface area contributed by atoms with Crippen molar-refractivity contribution in [2.24, 2.45) is 0 Å². The molecular weight excluding hydrogens is 344 g/mol. The van der Waals surface area contributed by atoms with Crippen LogP contribution >= 0.6 is 11.3 Å². The summed E-state index contributed by atoms with van der Waals surface area (Å²) < 4.78 is 0. The van der Waals surface area contributed by atoms with E-state index in [0.29, 0.717) is 22.6 Å². The number of fused-ring (bicyclic) bond motifs is 2. The molecule has 4 rings (SSSR count). The summed E-state index contributed by atoms with van der Waals surface area (Å²) in [6.07, 6.45) is 6.80. The molecule has 3 heterocycles. The summed E-state index contributed by atoms with van der Waals surface area (Å²) in [5.41, 5.74) is 9.37. The Morgan fingerprint density at radius 1 is 1.35 bits per heavy atom. The summed E-state index contributed by atoms with van der Waals surface area (Å²) in [6, 6.07) is 2.98. The maximum atomic E-state index is 12.7. The van der Waals surface area contributed by atoms with Crippen LogP contribution in [-0.4, -0.2) is 34.4 Å². The molecule has 26 heavy (non-hydrogen) atoms. The van der Waals surface area contributed by atoms with Gasteiger partial charge in [0, 0.05) is 42.7 Å². The van der Waals surface area contributed by atoms with Crippen LogP contribution in [0.1, 0.15) is 66.9 Å². The number of amides is 1. The van der Waals surface area contributed by atoms with Gasteiger partial charge < -0.3 is 11.1 Å². The number of hydrogen-bond donors (Lipinski definition) is 2. The average molecular weight is 373 g/mol. The molecule has 0 bridgehead atoms. The molecular formula is C20H28N4OS. The van der Waals surface area contributed by atoms with E-state index >= 15 is 0 Å². The first-order valence-electron chi connectivity index (χ1n) is 9.78. The van der Waals surface area contributed by atoms with Crippen LogP contribution in [0.25, 0.3) is 10.2 Å². The summed E-state index contributed by atoms with van der Waals surface area (Å²) in [7, 11) is 0. The van der Waals surface area contributed by atoms with E-state index in [-0.39, 0.29) is 5.91 Å². The number of hydrogen-bond acceptors (Lipinski definition) is 5. The molecule has 0 saturated heterocycles. The zero-order valence-electron chi connectivity index (χ0n) is 15.7. The number of carbonyl (C=O) groups excluding carboxylic acids is 1. The maximum Gasteiger partial charge on any atom is 0.263 e. The lowest BCUT2D eigenvalue weighted by molar-refractivity contribution is 0.0932. The third-order valence-electron chi connectivity index (χ3n) is 5.78. The molecule has 3 N–H and O–H groups in total. The Morgan fingerprint density at radius 2 is 2.12 bits per heavy atom. The molecule has 0 atom stereocenters. The minimum Gasteiger partial charge on any atom is -0.397 e. The molecule has 1 amide bonds. The van der Waals surface area contributed by atoms with Crippen LogP contribution in [0.3, 0.4) is 0 Å². The van der Waals surface area contributed by atoms with Crippen molar-refractivity contribution in [2.75, 3.05) is 12.3 Å². The Balaban J connectivity index is 1.61. The summed E-state index contributed by atoms with van der Waals surface area (Å²) in [6.45, 7) is 6.40. The molecule has 0 aromatic carbocycles. The van der Waals surface area contributed by atoms with Crippen molar-refractivity contribution in [2.45, 2.75) is 71.0 Å². The van der Waals surface area contributed by atoms with Crippen LogP contribution in [0.4, 0.5) is 5.69 Å². The highest BCUT2D eigenvalue weighted by atomic mass is 32.1. The van der Waals surface area contributed by atoms with E-state index in [1.165, 1.54) is 36.2 Å². The van der Waals surface area contributed by atoms with Gasteiger partial charge in [-0.1, -0.05) is 19.3 Å². The lowest BCUT2D eigenvalue weighted by atomic mass is 9.95. The first kappa shape index (κ1) is 17.7. The van der Waals surface area contributed by atoms with E-state index in [4.69, 9.17) is 10.7 Å². The van der Waals surface area contributed by atoms with Gasteiger partial charge in [-0.3, -0.25) is 9.69 Å². The van der Waals surface area contributed by atoms with Gasteiger partial charge in [0.1, 0.15) is 9.71 Å². The average Bonchev–Trinajstić information content (AvgIpc) is 2.96. The van der Waals surface area contributed by atoms with E-state index in [0.717, 1.165) is 48.3 Å². The highest BCUT2D eigenvalue weighted by molar-refractivity contribution is 7.21. The van der Waals surface area contributed by atoms with Crippen LogP contribution in [-0.2, 0) is 13.0 Å². The van der Waals surface area contributed by atoms with Crippen LogP contribution in [0.15, 0.2) is 6.07 Å². The molecule has 1 saturated carbocycles. The predicted molar refractivity (Wildman–Crippen MR) is 108 cm³/mol. The van der Waals surface area contributed by atoms with Crippen molar-refractivity contribution < 1.29 is 4.79 Å². The zero-order valence-corrected chi connectivity index (χ0v) is 16.5. The maximum absolute atomic E-state index is 12.7. The Hall–Kier alpha value is -1.66. The first-order valence-corrected chi connectivity index (χ1v) is 10.6. The van der Waals surface area contributed by atoms with Crippen LogP contribution in [0, 0.1) is 0 Å². The van der Waals surface area contributed by atoms with E-state index in [2.05, 4.69) is 30.1 Å². The van der Waals surface area contributed by atoms with Gasteiger partial charge in [0.2, 0.25) is 0 Å². The standard InChI is InChI=1S/C20H28N4OS/c1-12(2)24-9-8-16-13(11-24)10-15-17(21)18(26-20(15)23-16)19(25)22-14-6-4-3-5-7-14/h10,12,14H,3-9,11,21H2,1-2H3,(H,22,25). The van der Waals surface area contributed by atoms with Gasteiger partial charge >= 0.3 is 0 Å². The number of thiophene rings is 1. The fraction of sp³-hybridized carbons (Fsp3) is 0.600. The highest BCUT2D eigenvalue weighted by Gasteiger charge is 2.25. The summed E-state index contributed by atoms with van der Waals surface area (Å²) in [5, 5.41) is 4.12. The third-order valence-corrected chi connectivity index (χ3v) is 6.89. The molecule has 0 spiro atoms. The second-order valence-corrected chi connectivity index (χ2v) is 8.91. The predicted octanol–water partition coefficient (Wildman–Crippen LogP) is 3.71. The van der Waals surface area contributed by atoms with E-state index in [9.17, 15) is 4.79 Å². The normalized spacial score (nSPS) is 19.0. The van der Waals surface area contributed by atoms with Gasteiger partial charge in [0.05, 0.1) is 5.69 Å². The second kappa shape index (κ2) is 7.16. The Labute approximate surface area is 159 Å². The van der Waals surface area contributed by atoms with Crippen molar-refractivity contribution in [1.82, 2.24) is 15.2 Å². The Kier molecular flexibility index (Phi) is 4.88. The summed E-state index contributed by atoms with van der Waals surface area (Å²) in [5.74, 6) is -0.0285. The molecule has 6 heteroatoms. The molecule has 2 aromatic heterocycles. The number of anilines is 1. The smallest absolute Gasteiger partial charge is 0.263 e. The lowest BCUT2D eigenvalue weighted by Gasteiger charge is -2.31. The molecule has 1 aliphatic carbocycles. The Bertz CT molecular complexity index is 823. The SMILES string of the molecule is CC(C)N1CCc2nc3sc(C(=O)NC4CCCCC4)c(N)c3cc2C1. The number of nitrogens with zero attached hydrogens (tertiary/aromatic N) is 2. The third kappa shape index (κ3) is 3.32. The molecule has 0 unspecified atom stereocenters. The molecule has 2 aliphatic rings. The topological polar surface area (TPSA) is 71.2 Å². The lowest BCUT2D eigenvalue weighted by Crippen LogP contribution is -2.36. The van der Waals surface area contributed by atoms with Crippen molar-refractivity contribution in [3.8, 4) is 0 Å². The van der Waals surface area contributed by atoms with Crippen LogP contribution < -0.4 is 11.1 Å².